The summed E-state index contributed by atoms with van der Waals surface area (Å²) in [5.74, 6) is 0. The van der Waals surface area contributed by atoms with Gasteiger partial charge in [-0.3, -0.25) is 0 Å². The van der Waals surface area contributed by atoms with E-state index in [-0.39, 0.29) is 0 Å². The van der Waals surface area contributed by atoms with Gasteiger partial charge in [0.1, 0.15) is 6.20 Å². The second kappa shape index (κ2) is 2.41. The molecule has 1 aromatic rings. The largest absolute Gasteiger partial charge is 0.368 e. The van der Waals surface area contributed by atoms with Crippen molar-refractivity contribution in [2.45, 2.75) is 6.23 Å². The summed E-state index contributed by atoms with van der Waals surface area (Å²) in [7, 11) is 0. The zero-order valence-electron chi connectivity index (χ0n) is 4.73. The van der Waals surface area contributed by atoms with Crippen LogP contribution in [0.5, 0.6) is 0 Å². The molecular weight excluding hydrogens is 118 g/mol. The van der Waals surface area contributed by atoms with E-state index in [2.05, 4.69) is 23.1 Å². The van der Waals surface area contributed by atoms with Gasteiger partial charge in [-0.2, -0.15) is 0 Å². The Labute approximate surface area is 52.4 Å². The third-order valence-corrected chi connectivity index (χ3v) is 0.878. The second-order valence-electron chi connectivity index (χ2n) is 1.48. The van der Waals surface area contributed by atoms with Crippen LogP contribution in [0.3, 0.4) is 0 Å². The maximum absolute atomic E-state index is 8.94. The van der Waals surface area contributed by atoms with Gasteiger partial charge >= 0.3 is 0 Å². The lowest BCUT2D eigenvalue weighted by Gasteiger charge is -2.00. The standard InChI is InChI=1S/C5H6N3O/c1-2-5(9)8-4-3-6-7-8/h2,4-5,9H,1H2. The Morgan fingerprint density at radius 2 is 2.67 bits per heavy atom. The number of aromatic nitrogens is 3. The lowest BCUT2D eigenvalue weighted by Crippen LogP contribution is -2.05. The Hall–Kier alpha value is -1.16. The summed E-state index contributed by atoms with van der Waals surface area (Å²) in [6.07, 6.45) is 4.44. The summed E-state index contributed by atoms with van der Waals surface area (Å²) in [6, 6.07) is 0. The summed E-state index contributed by atoms with van der Waals surface area (Å²) < 4.78 is 1.24. The zero-order valence-corrected chi connectivity index (χ0v) is 4.73. The molecule has 1 heterocycles. The number of aliphatic hydroxyl groups is 1. The maximum atomic E-state index is 8.94. The van der Waals surface area contributed by atoms with Crippen LogP contribution >= 0.6 is 0 Å². The molecule has 0 saturated carbocycles. The monoisotopic (exact) mass is 124 g/mol. The quantitative estimate of drug-likeness (QED) is 0.553. The molecule has 0 fully saturated rings. The summed E-state index contributed by atoms with van der Waals surface area (Å²) in [5.41, 5.74) is 0. The van der Waals surface area contributed by atoms with Crippen molar-refractivity contribution >= 4 is 0 Å². The minimum Gasteiger partial charge on any atom is -0.368 e. The summed E-state index contributed by atoms with van der Waals surface area (Å²) in [4.78, 5) is 0. The SMILES string of the molecule is C=CC(O)n1c[c]nn1. The van der Waals surface area contributed by atoms with Crippen molar-refractivity contribution in [1.29, 1.82) is 0 Å². The van der Waals surface area contributed by atoms with Crippen LogP contribution in [0.2, 0.25) is 0 Å². The number of rotatable bonds is 2. The minimum atomic E-state index is -0.788. The van der Waals surface area contributed by atoms with Gasteiger partial charge < -0.3 is 5.11 Å². The van der Waals surface area contributed by atoms with E-state index in [9.17, 15) is 0 Å². The number of hydrogen-bond acceptors (Lipinski definition) is 3. The summed E-state index contributed by atoms with van der Waals surface area (Å²) in [5, 5.41) is 15.8. The molecule has 0 aliphatic heterocycles. The van der Waals surface area contributed by atoms with Crippen molar-refractivity contribution in [2.75, 3.05) is 0 Å². The van der Waals surface area contributed by atoms with Crippen LogP contribution in [0.15, 0.2) is 18.9 Å². The highest BCUT2D eigenvalue weighted by atomic mass is 16.3. The fourth-order valence-corrected chi connectivity index (χ4v) is 0.426. The average molecular weight is 124 g/mol. The van der Waals surface area contributed by atoms with Crippen LogP contribution in [0.1, 0.15) is 6.23 Å². The highest BCUT2D eigenvalue weighted by molar-refractivity contribution is 4.76. The van der Waals surface area contributed by atoms with Crippen molar-refractivity contribution in [2.24, 2.45) is 0 Å². The third-order valence-electron chi connectivity index (χ3n) is 0.878. The van der Waals surface area contributed by atoms with Crippen molar-refractivity contribution in [3.63, 3.8) is 0 Å². The first-order valence-electron chi connectivity index (χ1n) is 2.43. The maximum Gasteiger partial charge on any atom is 0.167 e. The molecule has 0 spiro atoms. The molecule has 4 heteroatoms. The average Bonchev–Trinajstić information content (AvgIpc) is 2.37. The van der Waals surface area contributed by atoms with E-state index < -0.39 is 6.23 Å². The highest BCUT2D eigenvalue weighted by Crippen LogP contribution is 1.96. The third kappa shape index (κ3) is 1.14. The molecule has 4 nitrogen and oxygen atoms in total. The van der Waals surface area contributed by atoms with Gasteiger partial charge in [0.05, 0.1) is 6.20 Å². The Bertz CT molecular complexity index is 182. The van der Waals surface area contributed by atoms with Crippen LogP contribution in [-0.4, -0.2) is 20.1 Å². The lowest BCUT2D eigenvalue weighted by molar-refractivity contribution is 0.138. The molecule has 0 bridgehead atoms. The molecule has 0 aliphatic carbocycles. The first kappa shape index (κ1) is 5.97. The predicted molar refractivity (Wildman–Crippen MR) is 30.3 cm³/mol. The van der Waals surface area contributed by atoms with Gasteiger partial charge in [0, 0.05) is 0 Å². The van der Waals surface area contributed by atoms with Crippen LogP contribution < -0.4 is 0 Å². The van der Waals surface area contributed by atoms with Gasteiger partial charge in [0.2, 0.25) is 0 Å². The predicted octanol–water partition coefficient (Wildman–Crippen LogP) is -0.245. The second-order valence-corrected chi connectivity index (χ2v) is 1.48. The topological polar surface area (TPSA) is 50.9 Å². The van der Waals surface area contributed by atoms with Crippen molar-refractivity contribution in [3.05, 3.63) is 25.0 Å². The zero-order chi connectivity index (χ0) is 6.69. The molecule has 1 rings (SSSR count). The summed E-state index contributed by atoms with van der Waals surface area (Å²) in [6.45, 7) is 3.36. The van der Waals surface area contributed by atoms with Crippen molar-refractivity contribution in [3.8, 4) is 0 Å². The normalized spacial score (nSPS) is 13.0. The first-order chi connectivity index (χ1) is 4.34. The number of aliphatic hydroxyl groups excluding tert-OH is 1. The van der Waals surface area contributed by atoms with E-state index in [4.69, 9.17) is 5.11 Å². The molecule has 1 radical (unpaired) electrons. The molecule has 0 saturated heterocycles. The Morgan fingerprint density at radius 1 is 1.89 bits per heavy atom. The van der Waals surface area contributed by atoms with Crippen LogP contribution in [-0.2, 0) is 0 Å². The smallest absolute Gasteiger partial charge is 0.167 e. The van der Waals surface area contributed by atoms with Crippen LogP contribution in [0, 0.1) is 6.20 Å². The van der Waals surface area contributed by atoms with Gasteiger partial charge in [-0.05, 0) is 6.08 Å². The van der Waals surface area contributed by atoms with Gasteiger partial charge in [-0.1, -0.05) is 11.8 Å². The Kier molecular flexibility index (Phi) is 1.60. The van der Waals surface area contributed by atoms with Crippen LogP contribution in [0.25, 0.3) is 0 Å². The van der Waals surface area contributed by atoms with E-state index in [1.807, 2.05) is 0 Å². The van der Waals surface area contributed by atoms with E-state index in [0.717, 1.165) is 0 Å². The minimum absolute atomic E-state index is 0.788. The van der Waals surface area contributed by atoms with E-state index in [1.54, 1.807) is 0 Å². The first-order valence-corrected chi connectivity index (χ1v) is 2.43. The van der Waals surface area contributed by atoms with Crippen LogP contribution in [0.4, 0.5) is 0 Å². The fraction of sp³-hybridized carbons (Fsp3) is 0.200. The van der Waals surface area contributed by atoms with E-state index >= 15 is 0 Å². The highest BCUT2D eigenvalue weighted by Gasteiger charge is 1.98. The van der Waals surface area contributed by atoms with E-state index in [0.29, 0.717) is 0 Å². The molecule has 9 heavy (non-hydrogen) atoms. The molecule has 1 unspecified atom stereocenters. The molecule has 1 atom stereocenters. The molecule has 0 amide bonds. The molecule has 47 valence electrons. The van der Waals surface area contributed by atoms with Gasteiger partial charge in [0.15, 0.2) is 6.23 Å². The molecule has 0 aliphatic rings. The van der Waals surface area contributed by atoms with Crippen molar-refractivity contribution in [1.82, 2.24) is 15.0 Å². The van der Waals surface area contributed by atoms with E-state index in [1.165, 1.54) is 17.0 Å². The van der Waals surface area contributed by atoms with Gasteiger partial charge in [-0.25, -0.2) is 4.68 Å². The Morgan fingerprint density at radius 3 is 3.11 bits per heavy atom. The van der Waals surface area contributed by atoms with Gasteiger partial charge in [0.25, 0.3) is 0 Å². The number of nitrogens with zero attached hydrogens (tertiary/aromatic N) is 3. The van der Waals surface area contributed by atoms with Gasteiger partial charge in [-0.15, -0.1) is 5.10 Å². The molecule has 1 N–H and O–H groups in total. The lowest BCUT2D eigenvalue weighted by atomic mass is 10.5. The number of hydrogen-bond donors (Lipinski definition) is 1. The van der Waals surface area contributed by atoms with Crippen molar-refractivity contribution < 1.29 is 5.11 Å². The molecular formula is C5H6N3O. The molecule has 1 aromatic heterocycles. The summed E-state index contributed by atoms with van der Waals surface area (Å²) >= 11 is 0. The molecule has 0 aromatic carbocycles. The fourth-order valence-electron chi connectivity index (χ4n) is 0.426. The Balaban J connectivity index is 2.76.